The fourth-order valence-electron chi connectivity index (χ4n) is 2.50. The fourth-order valence-corrected chi connectivity index (χ4v) is 2.70. The lowest BCUT2D eigenvalue weighted by atomic mass is 10.1. The molecule has 2 aromatic heterocycles. The molecule has 0 unspecified atom stereocenters. The van der Waals surface area contributed by atoms with Gasteiger partial charge in [0.1, 0.15) is 0 Å². The smallest absolute Gasteiger partial charge is 0.260 e. The molecule has 2 heterocycles. The molecule has 4 nitrogen and oxygen atoms in total. The summed E-state index contributed by atoms with van der Waals surface area (Å²) in [6, 6.07) is 15.7. The third-order valence-electron chi connectivity index (χ3n) is 3.59. The van der Waals surface area contributed by atoms with Crippen molar-refractivity contribution in [2.75, 3.05) is 0 Å². The van der Waals surface area contributed by atoms with Crippen molar-refractivity contribution in [2.45, 2.75) is 6.42 Å². The van der Waals surface area contributed by atoms with Crippen LogP contribution in [0.25, 0.3) is 22.4 Å². The summed E-state index contributed by atoms with van der Waals surface area (Å²) in [5, 5.41) is 5.83. The molecule has 0 bridgehead atoms. The predicted molar refractivity (Wildman–Crippen MR) is 85.8 cm³/mol. The van der Waals surface area contributed by atoms with E-state index in [2.05, 4.69) is 15.1 Å². The summed E-state index contributed by atoms with van der Waals surface area (Å²) in [7, 11) is 0. The average Bonchev–Trinajstić information content (AvgIpc) is 3.16. The molecule has 0 spiro atoms. The van der Waals surface area contributed by atoms with E-state index in [1.165, 1.54) is 0 Å². The van der Waals surface area contributed by atoms with E-state index < -0.39 is 0 Å². The van der Waals surface area contributed by atoms with E-state index in [4.69, 9.17) is 16.1 Å². The van der Waals surface area contributed by atoms with Crippen LogP contribution < -0.4 is 0 Å². The standard InChI is InChI=1S/C17H12ClN3O/c18-14-7-3-1-5-11(14)9-16-20-17(22-21-16)13-10-19-15-8-4-2-6-12(13)15/h1-8,10,19H,9H2. The van der Waals surface area contributed by atoms with E-state index in [0.717, 1.165) is 22.0 Å². The zero-order valence-corrected chi connectivity index (χ0v) is 12.3. The molecular weight excluding hydrogens is 298 g/mol. The van der Waals surface area contributed by atoms with Gasteiger partial charge in [-0.1, -0.05) is 53.2 Å². The van der Waals surface area contributed by atoms with Gasteiger partial charge in [-0.15, -0.1) is 0 Å². The van der Waals surface area contributed by atoms with Gasteiger partial charge in [0.05, 0.1) is 5.56 Å². The lowest BCUT2D eigenvalue weighted by Crippen LogP contribution is -1.91. The number of para-hydroxylation sites is 1. The van der Waals surface area contributed by atoms with Crippen molar-refractivity contribution in [3.05, 3.63) is 71.1 Å². The van der Waals surface area contributed by atoms with E-state index in [1.54, 1.807) is 0 Å². The van der Waals surface area contributed by atoms with Gasteiger partial charge in [0, 0.05) is 28.5 Å². The summed E-state index contributed by atoms with van der Waals surface area (Å²) in [5.41, 5.74) is 2.94. The molecule has 1 N–H and O–H groups in total. The van der Waals surface area contributed by atoms with Gasteiger partial charge in [0.15, 0.2) is 5.82 Å². The number of rotatable bonds is 3. The largest absolute Gasteiger partial charge is 0.360 e. The SMILES string of the molecule is Clc1ccccc1Cc1noc(-c2c[nH]c3ccccc23)n1. The van der Waals surface area contributed by atoms with Crippen LogP contribution in [0.4, 0.5) is 0 Å². The first-order valence-corrected chi connectivity index (χ1v) is 7.31. The topological polar surface area (TPSA) is 54.7 Å². The Balaban J connectivity index is 1.68. The molecule has 0 fully saturated rings. The summed E-state index contributed by atoms with van der Waals surface area (Å²) in [5.74, 6) is 1.13. The van der Waals surface area contributed by atoms with Gasteiger partial charge in [0.25, 0.3) is 5.89 Å². The molecule has 0 aliphatic heterocycles. The van der Waals surface area contributed by atoms with Crippen molar-refractivity contribution >= 4 is 22.5 Å². The van der Waals surface area contributed by atoms with Crippen LogP contribution in [0, 0.1) is 0 Å². The van der Waals surface area contributed by atoms with Crippen molar-refractivity contribution in [3.63, 3.8) is 0 Å². The number of aromatic amines is 1. The van der Waals surface area contributed by atoms with Gasteiger partial charge in [-0.2, -0.15) is 4.98 Å². The van der Waals surface area contributed by atoms with Crippen LogP contribution in [0.3, 0.4) is 0 Å². The van der Waals surface area contributed by atoms with Crippen LogP contribution in [0.1, 0.15) is 11.4 Å². The lowest BCUT2D eigenvalue weighted by molar-refractivity contribution is 0.424. The van der Waals surface area contributed by atoms with Crippen LogP contribution in [0.5, 0.6) is 0 Å². The Hall–Kier alpha value is -2.59. The molecule has 108 valence electrons. The highest BCUT2D eigenvalue weighted by Gasteiger charge is 2.14. The maximum atomic E-state index is 6.17. The highest BCUT2D eigenvalue weighted by atomic mass is 35.5. The molecule has 0 aliphatic rings. The molecule has 0 aliphatic carbocycles. The molecule has 5 heteroatoms. The van der Waals surface area contributed by atoms with Crippen molar-refractivity contribution < 1.29 is 4.52 Å². The third kappa shape index (κ3) is 2.27. The number of aromatic nitrogens is 3. The Bertz CT molecular complexity index is 942. The maximum Gasteiger partial charge on any atom is 0.260 e. The van der Waals surface area contributed by atoms with Gasteiger partial charge in [-0.3, -0.25) is 0 Å². The zero-order chi connectivity index (χ0) is 14.9. The Morgan fingerprint density at radius 1 is 1.05 bits per heavy atom. The first kappa shape index (κ1) is 13.1. The second kappa shape index (κ2) is 5.31. The van der Waals surface area contributed by atoms with Crippen LogP contribution in [0.15, 0.2) is 59.3 Å². The Morgan fingerprint density at radius 3 is 2.77 bits per heavy atom. The quantitative estimate of drug-likeness (QED) is 0.608. The second-order valence-corrected chi connectivity index (χ2v) is 5.44. The first-order chi connectivity index (χ1) is 10.8. The molecule has 0 saturated carbocycles. The predicted octanol–water partition coefficient (Wildman–Crippen LogP) is 4.46. The molecule has 0 atom stereocenters. The summed E-state index contributed by atoms with van der Waals surface area (Å²) in [6.45, 7) is 0. The number of nitrogens with one attached hydrogen (secondary N) is 1. The van der Waals surface area contributed by atoms with Crippen molar-refractivity contribution in [1.29, 1.82) is 0 Å². The first-order valence-electron chi connectivity index (χ1n) is 6.94. The second-order valence-electron chi connectivity index (χ2n) is 5.03. The number of hydrogen-bond acceptors (Lipinski definition) is 3. The van der Waals surface area contributed by atoms with Gasteiger partial charge in [-0.05, 0) is 17.7 Å². The molecule has 22 heavy (non-hydrogen) atoms. The van der Waals surface area contributed by atoms with Gasteiger partial charge in [-0.25, -0.2) is 0 Å². The van der Waals surface area contributed by atoms with Crippen LogP contribution >= 0.6 is 11.6 Å². The summed E-state index contributed by atoms with van der Waals surface area (Å²) in [6.07, 6.45) is 2.43. The number of hydrogen-bond donors (Lipinski definition) is 1. The van der Waals surface area contributed by atoms with Crippen molar-refractivity contribution in [1.82, 2.24) is 15.1 Å². The van der Waals surface area contributed by atoms with Gasteiger partial charge < -0.3 is 9.51 Å². The van der Waals surface area contributed by atoms with Gasteiger partial charge in [0.2, 0.25) is 0 Å². The minimum atomic E-state index is 0.513. The minimum absolute atomic E-state index is 0.513. The minimum Gasteiger partial charge on any atom is -0.360 e. The summed E-state index contributed by atoms with van der Waals surface area (Å²) in [4.78, 5) is 7.69. The summed E-state index contributed by atoms with van der Waals surface area (Å²) < 4.78 is 5.41. The third-order valence-corrected chi connectivity index (χ3v) is 3.96. The highest BCUT2D eigenvalue weighted by molar-refractivity contribution is 6.31. The van der Waals surface area contributed by atoms with E-state index >= 15 is 0 Å². The molecule has 4 rings (SSSR count). The van der Waals surface area contributed by atoms with E-state index in [9.17, 15) is 0 Å². The molecule has 0 saturated heterocycles. The number of fused-ring (bicyclic) bond motifs is 1. The van der Waals surface area contributed by atoms with E-state index in [0.29, 0.717) is 23.2 Å². The number of benzene rings is 2. The molecular formula is C17H12ClN3O. The highest BCUT2D eigenvalue weighted by Crippen LogP contribution is 2.27. The number of H-pyrrole nitrogens is 1. The number of halogens is 1. The van der Waals surface area contributed by atoms with Crippen LogP contribution in [-0.4, -0.2) is 15.1 Å². The van der Waals surface area contributed by atoms with E-state index in [-0.39, 0.29) is 0 Å². The van der Waals surface area contributed by atoms with Crippen molar-refractivity contribution in [3.8, 4) is 11.5 Å². The molecule has 4 aromatic rings. The monoisotopic (exact) mass is 309 g/mol. The molecule has 0 radical (unpaired) electrons. The number of nitrogens with zero attached hydrogens (tertiary/aromatic N) is 2. The van der Waals surface area contributed by atoms with E-state index in [1.807, 2.05) is 54.7 Å². The van der Waals surface area contributed by atoms with Crippen LogP contribution in [0.2, 0.25) is 5.02 Å². The Morgan fingerprint density at radius 2 is 1.86 bits per heavy atom. The fraction of sp³-hybridized carbons (Fsp3) is 0.0588. The Labute approximate surface area is 131 Å². The van der Waals surface area contributed by atoms with Crippen LogP contribution in [-0.2, 0) is 6.42 Å². The Kier molecular flexibility index (Phi) is 3.16. The van der Waals surface area contributed by atoms with Gasteiger partial charge >= 0.3 is 0 Å². The summed E-state index contributed by atoms with van der Waals surface area (Å²) >= 11 is 6.17. The average molecular weight is 310 g/mol. The lowest BCUT2D eigenvalue weighted by Gasteiger charge is -1.98. The maximum absolute atomic E-state index is 6.17. The zero-order valence-electron chi connectivity index (χ0n) is 11.6. The molecule has 2 aromatic carbocycles. The molecule has 0 amide bonds. The normalized spacial score (nSPS) is 11.1. The van der Waals surface area contributed by atoms with Crippen molar-refractivity contribution in [2.24, 2.45) is 0 Å².